The van der Waals surface area contributed by atoms with Gasteiger partial charge in [0.15, 0.2) is 8.32 Å². The minimum absolute atomic E-state index is 0.273. The molecule has 0 saturated heterocycles. The van der Waals surface area contributed by atoms with Crippen LogP contribution in [0.4, 0.5) is 0 Å². The molecule has 124 valence electrons. The number of hydrogen-bond acceptors (Lipinski definition) is 2. The monoisotopic (exact) mass is 312 g/mol. The maximum absolute atomic E-state index is 9.28. The predicted molar refractivity (Wildman–Crippen MR) is 92.0 cm³/mol. The van der Waals surface area contributed by atoms with Crippen LogP contribution in [-0.4, -0.2) is 26.1 Å². The maximum Gasteiger partial charge on any atom is 0.192 e. The summed E-state index contributed by atoms with van der Waals surface area (Å²) >= 11 is 0. The molecule has 0 spiro atoms. The van der Waals surface area contributed by atoms with Crippen molar-refractivity contribution in [3.05, 3.63) is 0 Å². The van der Waals surface area contributed by atoms with Gasteiger partial charge in [0.1, 0.15) is 0 Å². The Hall–Kier alpha value is 0.137. The zero-order valence-corrected chi connectivity index (χ0v) is 15.9. The Morgan fingerprint density at radius 2 is 1.86 bits per heavy atom. The van der Waals surface area contributed by atoms with Crippen LogP contribution in [0.25, 0.3) is 0 Å². The van der Waals surface area contributed by atoms with Crippen molar-refractivity contribution in [1.29, 1.82) is 0 Å². The van der Waals surface area contributed by atoms with Crippen LogP contribution in [0, 0.1) is 11.3 Å². The van der Waals surface area contributed by atoms with E-state index in [1.165, 1.54) is 38.5 Å². The molecule has 0 aromatic carbocycles. The Kier molecular flexibility index (Phi) is 5.27. The Morgan fingerprint density at radius 1 is 1.24 bits per heavy atom. The quantitative estimate of drug-likeness (QED) is 0.630. The molecule has 0 aromatic rings. The van der Waals surface area contributed by atoms with Crippen LogP contribution in [0.1, 0.15) is 72.1 Å². The average Bonchev–Trinajstić information content (AvgIpc) is 3.11. The van der Waals surface area contributed by atoms with Gasteiger partial charge in [0.2, 0.25) is 0 Å². The van der Waals surface area contributed by atoms with Gasteiger partial charge in [0.05, 0.1) is 6.10 Å². The van der Waals surface area contributed by atoms with Crippen LogP contribution in [0.2, 0.25) is 18.1 Å². The van der Waals surface area contributed by atoms with E-state index in [9.17, 15) is 5.11 Å². The molecule has 1 atom stereocenters. The largest absolute Gasteiger partial charge is 0.413 e. The molecule has 0 aromatic heterocycles. The molecule has 1 N–H and O–H groups in total. The normalized spacial score (nSPS) is 23.7. The summed E-state index contributed by atoms with van der Waals surface area (Å²) in [6.45, 7) is 12.0. The molecule has 2 rings (SSSR count). The number of aliphatic hydroxyl groups excluding tert-OH is 1. The lowest BCUT2D eigenvalue weighted by molar-refractivity contribution is -0.0434. The highest BCUT2D eigenvalue weighted by Gasteiger charge is 2.50. The van der Waals surface area contributed by atoms with Crippen molar-refractivity contribution in [3.8, 4) is 0 Å². The molecule has 2 aliphatic carbocycles. The first-order valence-corrected chi connectivity index (χ1v) is 11.9. The van der Waals surface area contributed by atoms with Crippen molar-refractivity contribution in [2.24, 2.45) is 11.3 Å². The third kappa shape index (κ3) is 4.11. The lowest BCUT2D eigenvalue weighted by Gasteiger charge is -2.52. The van der Waals surface area contributed by atoms with E-state index < -0.39 is 8.32 Å². The molecule has 2 aliphatic rings. The number of aliphatic hydroxyl groups is 1. The third-order valence-corrected chi connectivity index (χ3v) is 10.8. The Balaban J connectivity index is 2.09. The Bertz CT molecular complexity index is 338. The summed E-state index contributed by atoms with van der Waals surface area (Å²) in [5.74, 6) is 0.977. The first-order valence-electron chi connectivity index (χ1n) is 8.99. The van der Waals surface area contributed by atoms with E-state index in [1.54, 1.807) is 0 Å². The van der Waals surface area contributed by atoms with Crippen molar-refractivity contribution < 1.29 is 9.53 Å². The zero-order valence-electron chi connectivity index (χ0n) is 14.9. The SMILES string of the molecule is CC(C)(C)[Si](C)(C)OC(CCCO)C1(CC2CC2)CCC1. The van der Waals surface area contributed by atoms with Gasteiger partial charge in [-0.15, -0.1) is 0 Å². The lowest BCUT2D eigenvalue weighted by Crippen LogP contribution is -2.51. The van der Waals surface area contributed by atoms with E-state index in [0.717, 1.165) is 18.8 Å². The summed E-state index contributed by atoms with van der Waals surface area (Å²) in [6.07, 6.45) is 10.7. The van der Waals surface area contributed by atoms with Crippen LogP contribution in [0.15, 0.2) is 0 Å². The van der Waals surface area contributed by atoms with E-state index in [2.05, 4.69) is 33.9 Å². The van der Waals surface area contributed by atoms with Crippen molar-refractivity contribution in [2.45, 2.75) is 96.4 Å². The lowest BCUT2D eigenvalue weighted by atomic mass is 9.61. The summed E-state index contributed by atoms with van der Waals surface area (Å²) in [5, 5.41) is 9.55. The summed E-state index contributed by atoms with van der Waals surface area (Å²) < 4.78 is 6.87. The molecule has 0 radical (unpaired) electrons. The fourth-order valence-corrected chi connectivity index (χ4v) is 4.92. The van der Waals surface area contributed by atoms with Crippen LogP contribution in [-0.2, 0) is 4.43 Å². The van der Waals surface area contributed by atoms with E-state index in [4.69, 9.17) is 4.43 Å². The number of hydrogen-bond donors (Lipinski definition) is 1. The third-order valence-electron chi connectivity index (χ3n) is 6.29. The van der Waals surface area contributed by atoms with Gasteiger partial charge >= 0.3 is 0 Å². The first kappa shape index (κ1) is 17.5. The molecular weight excluding hydrogens is 276 g/mol. The van der Waals surface area contributed by atoms with Gasteiger partial charge < -0.3 is 9.53 Å². The molecule has 0 amide bonds. The molecule has 0 heterocycles. The second-order valence-electron chi connectivity index (χ2n) is 9.10. The smallest absolute Gasteiger partial charge is 0.192 e. The van der Waals surface area contributed by atoms with E-state index in [-0.39, 0.29) is 5.04 Å². The molecule has 3 heteroatoms. The number of rotatable bonds is 8. The van der Waals surface area contributed by atoms with E-state index >= 15 is 0 Å². The van der Waals surface area contributed by atoms with E-state index in [1.807, 2.05) is 0 Å². The molecule has 2 nitrogen and oxygen atoms in total. The topological polar surface area (TPSA) is 29.5 Å². The summed E-state index contributed by atoms with van der Waals surface area (Å²) in [6, 6.07) is 0. The first-order chi connectivity index (χ1) is 9.70. The second-order valence-corrected chi connectivity index (χ2v) is 13.9. The summed E-state index contributed by atoms with van der Waals surface area (Å²) in [7, 11) is -1.72. The van der Waals surface area contributed by atoms with Crippen molar-refractivity contribution in [3.63, 3.8) is 0 Å². The average molecular weight is 313 g/mol. The fraction of sp³-hybridized carbons (Fsp3) is 1.00. The van der Waals surface area contributed by atoms with Gasteiger partial charge in [-0.2, -0.15) is 0 Å². The van der Waals surface area contributed by atoms with Crippen LogP contribution in [0.5, 0.6) is 0 Å². The molecule has 0 bridgehead atoms. The molecular formula is C18H36O2Si. The van der Waals surface area contributed by atoms with Gasteiger partial charge in [0.25, 0.3) is 0 Å². The maximum atomic E-state index is 9.28. The highest BCUT2D eigenvalue weighted by atomic mass is 28.4. The minimum Gasteiger partial charge on any atom is -0.413 e. The second kappa shape index (κ2) is 6.33. The molecule has 21 heavy (non-hydrogen) atoms. The Morgan fingerprint density at radius 3 is 2.24 bits per heavy atom. The minimum atomic E-state index is -1.72. The zero-order chi connectivity index (χ0) is 15.7. The van der Waals surface area contributed by atoms with Gasteiger partial charge in [-0.05, 0) is 61.6 Å². The fourth-order valence-electron chi connectivity index (χ4n) is 3.48. The van der Waals surface area contributed by atoms with Gasteiger partial charge in [-0.1, -0.05) is 40.0 Å². The molecule has 1 unspecified atom stereocenters. The van der Waals surface area contributed by atoms with Crippen molar-refractivity contribution in [2.75, 3.05) is 6.61 Å². The predicted octanol–water partition coefficient (Wildman–Crippen LogP) is 5.12. The van der Waals surface area contributed by atoms with Gasteiger partial charge in [-0.25, -0.2) is 0 Å². The highest BCUT2D eigenvalue weighted by molar-refractivity contribution is 6.74. The van der Waals surface area contributed by atoms with Crippen LogP contribution < -0.4 is 0 Å². The van der Waals surface area contributed by atoms with Gasteiger partial charge in [-0.3, -0.25) is 0 Å². The van der Waals surface area contributed by atoms with Crippen molar-refractivity contribution in [1.82, 2.24) is 0 Å². The summed E-state index contributed by atoms with van der Waals surface area (Å²) in [5.41, 5.74) is 0.450. The molecule has 2 fully saturated rings. The standard InChI is InChI=1S/C18H36O2Si/c1-17(2,3)21(4,5)20-16(8-6-13-19)18(11-7-12-18)14-15-9-10-15/h15-16,19H,6-14H2,1-5H3. The van der Waals surface area contributed by atoms with Crippen molar-refractivity contribution >= 4 is 8.32 Å². The molecule has 2 saturated carbocycles. The summed E-state index contributed by atoms with van der Waals surface area (Å²) in [4.78, 5) is 0. The van der Waals surface area contributed by atoms with E-state index in [0.29, 0.717) is 18.1 Å². The van der Waals surface area contributed by atoms with Crippen LogP contribution >= 0.6 is 0 Å². The Labute approximate surface area is 132 Å². The highest BCUT2D eigenvalue weighted by Crippen LogP contribution is 2.56. The molecule has 0 aliphatic heterocycles. The van der Waals surface area contributed by atoms with Crippen LogP contribution in [0.3, 0.4) is 0 Å². The van der Waals surface area contributed by atoms with Gasteiger partial charge in [0, 0.05) is 6.61 Å².